The van der Waals surface area contributed by atoms with Crippen molar-refractivity contribution in [2.24, 2.45) is 0 Å². The first-order valence-electron chi connectivity index (χ1n) is 15.3. The maximum absolute atomic E-state index is 10.6. The molecular weight excluding hydrogens is 604 g/mol. The van der Waals surface area contributed by atoms with Crippen LogP contribution in [0.25, 0.3) is 0 Å². The fourth-order valence-corrected chi connectivity index (χ4v) is 5.22. The van der Waals surface area contributed by atoms with Crippen LogP contribution in [-0.4, -0.2) is 70.9 Å². The molecule has 1 saturated heterocycles. The Labute approximate surface area is 275 Å². The molecule has 0 unspecified atom stereocenters. The number of hydrogen-bond acceptors (Lipinski definition) is 10. The Kier molecular flexibility index (Phi) is 12.3. The van der Waals surface area contributed by atoms with Crippen molar-refractivity contribution < 1.29 is 47.7 Å². The average Bonchev–Trinajstić information content (AvgIpc) is 3.13. The van der Waals surface area contributed by atoms with Crippen molar-refractivity contribution in [3.8, 4) is 28.7 Å². The summed E-state index contributed by atoms with van der Waals surface area (Å²) in [7, 11) is 6.48. The molecule has 0 radical (unpaired) electrons. The molecule has 10 heteroatoms. The Morgan fingerprint density at radius 1 is 0.468 bits per heavy atom. The van der Waals surface area contributed by atoms with Crippen molar-refractivity contribution in [3.63, 3.8) is 0 Å². The van der Waals surface area contributed by atoms with Gasteiger partial charge in [0, 0.05) is 0 Å². The zero-order chi connectivity index (χ0) is 33.0. The summed E-state index contributed by atoms with van der Waals surface area (Å²) in [6.07, 6.45) is -3.90. The predicted octanol–water partition coefficient (Wildman–Crippen LogP) is 5.57. The van der Waals surface area contributed by atoms with E-state index in [1.54, 1.807) is 52.7 Å². The van der Waals surface area contributed by atoms with Crippen LogP contribution in [0.15, 0.2) is 97.1 Å². The highest BCUT2D eigenvalue weighted by atomic mass is 16.7. The van der Waals surface area contributed by atoms with Crippen molar-refractivity contribution in [2.75, 3.05) is 35.0 Å². The number of hydrogen-bond donors (Lipinski definition) is 1. The fraction of sp³-hybridized carbons (Fsp3) is 0.351. The molecule has 0 aromatic heterocycles. The highest BCUT2D eigenvalue weighted by molar-refractivity contribution is 5.32. The lowest BCUT2D eigenvalue weighted by Crippen LogP contribution is -2.62. The normalized spacial score (nSPS) is 20.7. The molecule has 5 rings (SSSR count). The molecule has 47 heavy (non-hydrogen) atoms. The van der Waals surface area contributed by atoms with Crippen LogP contribution in [0, 0.1) is 0 Å². The summed E-state index contributed by atoms with van der Waals surface area (Å²) < 4.78 is 53.7. The monoisotopic (exact) mass is 646 g/mol. The second-order valence-corrected chi connectivity index (χ2v) is 10.9. The Balaban J connectivity index is 1.45. The fourth-order valence-electron chi connectivity index (χ4n) is 5.22. The molecule has 10 nitrogen and oxygen atoms in total. The molecular formula is C37H42O10. The van der Waals surface area contributed by atoms with Crippen LogP contribution in [0.4, 0.5) is 0 Å². The summed E-state index contributed by atoms with van der Waals surface area (Å²) in [5.74, 6) is 3.46. The summed E-state index contributed by atoms with van der Waals surface area (Å²) in [6, 6.07) is 30.0. The molecule has 1 fully saturated rings. The van der Waals surface area contributed by atoms with E-state index in [9.17, 15) is 5.11 Å². The number of ether oxygens (including phenoxy) is 9. The number of rotatable bonds is 16. The molecule has 1 aliphatic rings. The number of aliphatic hydroxyl groups excluding tert-OH is 1. The quantitative estimate of drug-likeness (QED) is 0.166. The number of methoxy groups -OCH3 is 4. The van der Waals surface area contributed by atoms with E-state index in [0.717, 1.165) is 33.9 Å². The summed E-state index contributed by atoms with van der Waals surface area (Å²) in [5, 5.41) is 10.6. The van der Waals surface area contributed by atoms with Gasteiger partial charge in [-0.15, -0.1) is 0 Å². The Hall–Kier alpha value is -4.32. The third kappa shape index (κ3) is 9.15. The lowest BCUT2D eigenvalue weighted by atomic mass is 9.97. The standard InChI is InChI=1S/C37H42O10/c1-39-28-11-5-25(6-12-28)22-43-34-33(21-38)47-37(46-32-19-17-31(42-4)18-20-32)36(45-24-27-9-15-30(41-3)16-10-27)35(34)44-23-26-7-13-29(40-2)14-8-26/h5-20,33-38H,21-24H2,1-4H3/t33-,34-,35+,36-,37-/m1/s1. The van der Waals surface area contributed by atoms with Gasteiger partial charge in [0.2, 0.25) is 6.29 Å². The molecule has 0 spiro atoms. The van der Waals surface area contributed by atoms with E-state index in [-0.39, 0.29) is 26.4 Å². The minimum Gasteiger partial charge on any atom is -0.497 e. The molecule has 0 amide bonds. The highest BCUT2D eigenvalue weighted by Crippen LogP contribution is 2.33. The van der Waals surface area contributed by atoms with Crippen LogP contribution in [-0.2, 0) is 38.8 Å². The van der Waals surface area contributed by atoms with Crippen molar-refractivity contribution in [2.45, 2.75) is 50.5 Å². The lowest BCUT2D eigenvalue weighted by molar-refractivity contribution is -0.308. The molecule has 1 heterocycles. The Morgan fingerprint density at radius 2 is 0.809 bits per heavy atom. The van der Waals surface area contributed by atoms with Gasteiger partial charge in [-0.05, 0) is 77.4 Å². The third-order valence-corrected chi connectivity index (χ3v) is 7.89. The van der Waals surface area contributed by atoms with Crippen molar-refractivity contribution in [3.05, 3.63) is 114 Å². The summed E-state index contributed by atoms with van der Waals surface area (Å²) in [6.45, 7) is 0.389. The molecule has 0 bridgehead atoms. The Bertz CT molecular complexity index is 1480. The maximum atomic E-state index is 10.6. The minimum atomic E-state index is -0.944. The molecule has 5 atom stereocenters. The number of benzene rings is 4. The zero-order valence-corrected chi connectivity index (χ0v) is 27.1. The first-order chi connectivity index (χ1) is 23.0. The molecule has 4 aromatic carbocycles. The van der Waals surface area contributed by atoms with E-state index in [4.69, 9.17) is 42.6 Å². The van der Waals surface area contributed by atoms with Crippen LogP contribution in [0.3, 0.4) is 0 Å². The second kappa shape index (κ2) is 17.0. The van der Waals surface area contributed by atoms with Crippen LogP contribution in [0.5, 0.6) is 28.7 Å². The SMILES string of the molecule is COc1ccc(CO[C@@H]2[C@@H](OCc3ccc(OC)cc3)[C@H](Oc3ccc(OC)cc3)O[C@H](CO)[C@H]2OCc2ccc(OC)cc2)cc1. The molecule has 0 aliphatic carbocycles. The van der Waals surface area contributed by atoms with Crippen LogP contribution >= 0.6 is 0 Å². The van der Waals surface area contributed by atoms with E-state index in [1.165, 1.54) is 0 Å². The topological polar surface area (TPSA) is 103 Å². The molecule has 1 aliphatic heterocycles. The van der Waals surface area contributed by atoms with Gasteiger partial charge in [0.15, 0.2) is 0 Å². The predicted molar refractivity (Wildman–Crippen MR) is 174 cm³/mol. The summed E-state index contributed by atoms with van der Waals surface area (Å²) in [4.78, 5) is 0. The van der Waals surface area contributed by atoms with Gasteiger partial charge in [0.1, 0.15) is 53.2 Å². The molecule has 250 valence electrons. The van der Waals surface area contributed by atoms with Gasteiger partial charge >= 0.3 is 0 Å². The van der Waals surface area contributed by atoms with Gasteiger partial charge < -0.3 is 47.7 Å². The van der Waals surface area contributed by atoms with Gasteiger partial charge in [-0.25, -0.2) is 0 Å². The smallest absolute Gasteiger partial charge is 0.229 e. The van der Waals surface area contributed by atoms with Crippen molar-refractivity contribution >= 4 is 0 Å². The minimum absolute atomic E-state index is 0.234. The van der Waals surface area contributed by atoms with E-state index >= 15 is 0 Å². The molecule has 0 saturated carbocycles. The zero-order valence-electron chi connectivity index (χ0n) is 27.1. The van der Waals surface area contributed by atoms with Gasteiger partial charge in [-0.2, -0.15) is 0 Å². The second-order valence-electron chi connectivity index (χ2n) is 10.9. The molecule has 1 N–H and O–H groups in total. The van der Waals surface area contributed by atoms with E-state index < -0.39 is 30.7 Å². The van der Waals surface area contributed by atoms with Crippen LogP contribution in [0.1, 0.15) is 16.7 Å². The highest BCUT2D eigenvalue weighted by Gasteiger charge is 2.49. The maximum Gasteiger partial charge on any atom is 0.229 e. The van der Waals surface area contributed by atoms with E-state index in [2.05, 4.69) is 0 Å². The van der Waals surface area contributed by atoms with Gasteiger partial charge in [0.25, 0.3) is 0 Å². The van der Waals surface area contributed by atoms with Gasteiger partial charge in [-0.1, -0.05) is 36.4 Å². The first-order valence-corrected chi connectivity index (χ1v) is 15.3. The Morgan fingerprint density at radius 3 is 1.19 bits per heavy atom. The van der Waals surface area contributed by atoms with Crippen molar-refractivity contribution in [1.82, 2.24) is 0 Å². The largest absolute Gasteiger partial charge is 0.497 e. The van der Waals surface area contributed by atoms with Crippen molar-refractivity contribution in [1.29, 1.82) is 0 Å². The molecule has 4 aromatic rings. The van der Waals surface area contributed by atoms with E-state index in [1.807, 2.05) is 72.8 Å². The first kappa shape index (κ1) is 34.0. The van der Waals surface area contributed by atoms with Gasteiger partial charge in [0.05, 0.1) is 54.9 Å². The van der Waals surface area contributed by atoms with E-state index in [0.29, 0.717) is 11.5 Å². The average molecular weight is 647 g/mol. The lowest BCUT2D eigenvalue weighted by Gasteiger charge is -2.45. The van der Waals surface area contributed by atoms with Crippen LogP contribution < -0.4 is 23.7 Å². The van der Waals surface area contributed by atoms with Gasteiger partial charge in [-0.3, -0.25) is 0 Å². The number of aliphatic hydroxyl groups is 1. The summed E-state index contributed by atoms with van der Waals surface area (Å²) >= 11 is 0. The summed E-state index contributed by atoms with van der Waals surface area (Å²) in [5.41, 5.74) is 2.76. The third-order valence-electron chi connectivity index (χ3n) is 7.89. The van der Waals surface area contributed by atoms with Crippen LogP contribution in [0.2, 0.25) is 0 Å².